The maximum absolute atomic E-state index is 11.5. The number of carbonyl (C=O) groups is 1. The van der Waals surface area contributed by atoms with Crippen molar-refractivity contribution >= 4 is 17.1 Å². The molecule has 0 fully saturated rings. The number of ether oxygens (including phenoxy) is 1. The van der Waals surface area contributed by atoms with E-state index in [1.165, 1.54) is 18.7 Å². The van der Waals surface area contributed by atoms with Gasteiger partial charge in [0, 0.05) is 12.4 Å². The molecule has 0 saturated heterocycles. The van der Waals surface area contributed by atoms with E-state index >= 15 is 0 Å². The standard InChI is InChI=1S/C9H8N4O2/c1-2-15-9(14)7-6-8(13-5-12-7)11-4-3-10-6/h3-5H,2H2,1H3. The SMILES string of the molecule is CCOC(=O)c1ncnc2nccnc12. The lowest BCUT2D eigenvalue weighted by molar-refractivity contribution is 0.0521. The summed E-state index contributed by atoms with van der Waals surface area (Å²) in [6.45, 7) is 2.03. The summed E-state index contributed by atoms with van der Waals surface area (Å²) in [4.78, 5) is 27.2. The van der Waals surface area contributed by atoms with Crippen LogP contribution < -0.4 is 0 Å². The second-order valence-corrected chi connectivity index (χ2v) is 2.67. The van der Waals surface area contributed by atoms with Gasteiger partial charge in [0.2, 0.25) is 0 Å². The van der Waals surface area contributed by atoms with Gasteiger partial charge in [0.05, 0.1) is 6.61 Å². The quantitative estimate of drug-likeness (QED) is 0.666. The zero-order chi connectivity index (χ0) is 10.7. The van der Waals surface area contributed by atoms with Crippen molar-refractivity contribution in [3.05, 3.63) is 24.4 Å². The Labute approximate surface area is 85.4 Å². The molecule has 0 N–H and O–H groups in total. The molecule has 0 spiro atoms. The Morgan fingerprint density at radius 3 is 2.87 bits per heavy atom. The molecule has 0 bridgehead atoms. The second kappa shape index (κ2) is 3.95. The largest absolute Gasteiger partial charge is 0.461 e. The predicted octanol–water partition coefficient (Wildman–Crippen LogP) is 0.596. The number of fused-ring (bicyclic) bond motifs is 1. The average molecular weight is 204 g/mol. The number of nitrogens with zero attached hydrogens (tertiary/aromatic N) is 4. The van der Waals surface area contributed by atoms with Crippen LogP contribution in [-0.2, 0) is 4.74 Å². The van der Waals surface area contributed by atoms with Crippen LogP contribution in [0.2, 0.25) is 0 Å². The maximum Gasteiger partial charge on any atom is 0.359 e. The predicted molar refractivity (Wildman–Crippen MR) is 51.1 cm³/mol. The summed E-state index contributed by atoms with van der Waals surface area (Å²) in [7, 11) is 0. The molecule has 0 saturated carbocycles. The van der Waals surface area contributed by atoms with Gasteiger partial charge in [-0.2, -0.15) is 0 Å². The van der Waals surface area contributed by atoms with Crippen LogP contribution >= 0.6 is 0 Å². The summed E-state index contributed by atoms with van der Waals surface area (Å²) in [6.07, 6.45) is 4.25. The fourth-order valence-electron chi connectivity index (χ4n) is 1.14. The highest BCUT2D eigenvalue weighted by molar-refractivity contribution is 5.98. The summed E-state index contributed by atoms with van der Waals surface area (Å²) in [5, 5.41) is 0. The Balaban J connectivity index is 2.56. The van der Waals surface area contributed by atoms with Crippen LogP contribution in [0.1, 0.15) is 17.4 Å². The van der Waals surface area contributed by atoms with Crippen molar-refractivity contribution in [3.8, 4) is 0 Å². The number of carbonyl (C=O) groups excluding carboxylic acids is 1. The molecule has 0 atom stereocenters. The van der Waals surface area contributed by atoms with Crippen LogP contribution in [0, 0.1) is 0 Å². The lowest BCUT2D eigenvalue weighted by atomic mass is 10.3. The molecular weight excluding hydrogens is 196 g/mol. The third-order valence-corrected chi connectivity index (χ3v) is 1.74. The fraction of sp³-hybridized carbons (Fsp3) is 0.222. The number of aromatic nitrogens is 4. The molecule has 0 aliphatic carbocycles. The molecule has 0 aliphatic heterocycles. The zero-order valence-electron chi connectivity index (χ0n) is 8.04. The third-order valence-electron chi connectivity index (χ3n) is 1.74. The first-order chi connectivity index (χ1) is 7.33. The summed E-state index contributed by atoms with van der Waals surface area (Å²) >= 11 is 0. The molecular formula is C9H8N4O2. The molecule has 2 rings (SSSR count). The van der Waals surface area contributed by atoms with Gasteiger partial charge >= 0.3 is 5.97 Å². The molecule has 0 unspecified atom stereocenters. The third kappa shape index (κ3) is 1.74. The van der Waals surface area contributed by atoms with E-state index < -0.39 is 5.97 Å². The van der Waals surface area contributed by atoms with Crippen molar-refractivity contribution in [2.75, 3.05) is 6.61 Å². The van der Waals surface area contributed by atoms with Gasteiger partial charge in [-0.15, -0.1) is 0 Å². The summed E-state index contributed by atoms with van der Waals surface area (Å²) in [5.41, 5.74) is 0.893. The van der Waals surface area contributed by atoms with Crippen LogP contribution in [0.4, 0.5) is 0 Å². The van der Waals surface area contributed by atoms with Gasteiger partial charge in [-0.3, -0.25) is 0 Å². The first-order valence-electron chi connectivity index (χ1n) is 4.41. The van der Waals surface area contributed by atoms with Crippen LogP contribution in [0.3, 0.4) is 0 Å². The molecule has 6 heteroatoms. The van der Waals surface area contributed by atoms with Crippen LogP contribution in [0.5, 0.6) is 0 Å². The highest BCUT2D eigenvalue weighted by Crippen LogP contribution is 2.09. The topological polar surface area (TPSA) is 77.9 Å². The molecule has 0 aliphatic rings. The smallest absolute Gasteiger partial charge is 0.359 e. The van der Waals surface area contributed by atoms with E-state index in [9.17, 15) is 4.79 Å². The van der Waals surface area contributed by atoms with Crippen molar-refractivity contribution in [2.45, 2.75) is 6.92 Å². The fourth-order valence-corrected chi connectivity index (χ4v) is 1.14. The molecule has 0 radical (unpaired) electrons. The lowest BCUT2D eigenvalue weighted by Gasteiger charge is -2.02. The van der Waals surface area contributed by atoms with Gasteiger partial charge in [0.25, 0.3) is 0 Å². The van der Waals surface area contributed by atoms with E-state index in [0.29, 0.717) is 17.8 Å². The van der Waals surface area contributed by atoms with Crippen molar-refractivity contribution < 1.29 is 9.53 Å². The summed E-state index contributed by atoms with van der Waals surface area (Å²) in [6, 6.07) is 0. The van der Waals surface area contributed by atoms with Crippen molar-refractivity contribution in [2.24, 2.45) is 0 Å². The van der Waals surface area contributed by atoms with Gasteiger partial charge in [0.1, 0.15) is 11.8 Å². The van der Waals surface area contributed by atoms with E-state index in [1.54, 1.807) is 6.92 Å². The minimum Gasteiger partial charge on any atom is -0.461 e. The van der Waals surface area contributed by atoms with Crippen molar-refractivity contribution in [3.63, 3.8) is 0 Å². The Kier molecular flexibility index (Phi) is 2.49. The molecule has 0 amide bonds. The molecule has 15 heavy (non-hydrogen) atoms. The number of esters is 1. The van der Waals surface area contributed by atoms with E-state index in [0.717, 1.165) is 0 Å². The van der Waals surface area contributed by atoms with Crippen LogP contribution in [0.25, 0.3) is 11.2 Å². The van der Waals surface area contributed by atoms with Gasteiger partial charge in [-0.25, -0.2) is 24.7 Å². The Hall–Kier alpha value is -2.11. The monoisotopic (exact) mass is 204 g/mol. The highest BCUT2D eigenvalue weighted by atomic mass is 16.5. The molecule has 2 heterocycles. The second-order valence-electron chi connectivity index (χ2n) is 2.67. The first kappa shape index (κ1) is 9.45. The average Bonchev–Trinajstić information content (AvgIpc) is 2.28. The Morgan fingerprint density at radius 1 is 1.27 bits per heavy atom. The Morgan fingerprint density at radius 2 is 2.07 bits per heavy atom. The maximum atomic E-state index is 11.5. The first-order valence-corrected chi connectivity index (χ1v) is 4.41. The molecule has 6 nitrogen and oxygen atoms in total. The highest BCUT2D eigenvalue weighted by Gasteiger charge is 2.14. The van der Waals surface area contributed by atoms with Gasteiger partial charge in [-0.05, 0) is 6.92 Å². The van der Waals surface area contributed by atoms with Crippen LogP contribution in [-0.4, -0.2) is 32.5 Å². The minimum atomic E-state index is -0.509. The Bertz CT molecular complexity index is 495. The van der Waals surface area contributed by atoms with Crippen LogP contribution in [0.15, 0.2) is 18.7 Å². The number of hydrogen-bond donors (Lipinski definition) is 0. The lowest BCUT2D eigenvalue weighted by Crippen LogP contribution is -2.09. The van der Waals surface area contributed by atoms with Crippen molar-refractivity contribution in [1.82, 2.24) is 19.9 Å². The van der Waals surface area contributed by atoms with E-state index in [-0.39, 0.29) is 5.69 Å². The number of rotatable bonds is 2. The molecule has 0 aromatic carbocycles. The normalized spacial score (nSPS) is 10.2. The molecule has 2 aromatic rings. The zero-order valence-corrected chi connectivity index (χ0v) is 8.04. The van der Waals surface area contributed by atoms with Gasteiger partial charge in [-0.1, -0.05) is 0 Å². The van der Waals surface area contributed by atoms with E-state index in [4.69, 9.17) is 4.74 Å². The van der Waals surface area contributed by atoms with E-state index in [1.807, 2.05) is 0 Å². The summed E-state index contributed by atoms with van der Waals surface area (Å²) < 4.78 is 4.84. The minimum absolute atomic E-state index is 0.148. The van der Waals surface area contributed by atoms with Gasteiger partial charge in [0.15, 0.2) is 11.3 Å². The molecule has 2 aromatic heterocycles. The van der Waals surface area contributed by atoms with E-state index in [2.05, 4.69) is 19.9 Å². The summed E-state index contributed by atoms with van der Waals surface area (Å²) in [5.74, 6) is -0.509. The number of hydrogen-bond acceptors (Lipinski definition) is 6. The molecule has 76 valence electrons. The van der Waals surface area contributed by atoms with Gasteiger partial charge < -0.3 is 4.74 Å². The van der Waals surface area contributed by atoms with Crippen molar-refractivity contribution in [1.29, 1.82) is 0 Å².